The number of esters is 1. The Morgan fingerprint density at radius 2 is 1.50 bits per heavy atom. The van der Waals surface area contributed by atoms with E-state index < -0.39 is 121 Å². The lowest BCUT2D eigenvalue weighted by atomic mass is 9.78. The summed E-state index contributed by atoms with van der Waals surface area (Å²) in [5.74, 6) is -8.50. The van der Waals surface area contributed by atoms with Crippen molar-refractivity contribution in [3.8, 4) is 0 Å². The fourth-order valence-corrected chi connectivity index (χ4v) is 13.5. The van der Waals surface area contributed by atoms with E-state index >= 15 is 0 Å². The third-order valence-electron chi connectivity index (χ3n) is 19.8. The number of hydroxylamine groups is 1. The van der Waals surface area contributed by atoms with Gasteiger partial charge >= 0.3 is 11.7 Å². The van der Waals surface area contributed by atoms with Crippen molar-refractivity contribution in [3.63, 3.8) is 0 Å². The number of allylic oxidation sites excluding steroid dienone is 6. The zero-order chi connectivity index (χ0) is 74.7. The second kappa shape index (κ2) is 42.1. The number of carbonyl (C=O) groups is 7. The predicted molar refractivity (Wildman–Crippen MR) is 372 cm³/mol. The highest BCUT2D eigenvalue weighted by Gasteiger charge is 2.53. The smallest absolute Gasteiger partial charge is 0.354 e. The summed E-state index contributed by atoms with van der Waals surface area (Å²) in [5.41, 5.74) is 8.13. The summed E-state index contributed by atoms with van der Waals surface area (Å²) in [6, 6.07) is 8.22. The van der Waals surface area contributed by atoms with E-state index in [1.54, 1.807) is 46.5 Å². The van der Waals surface area contributed by atoms with E-state index in [-0.39, 0.29) is 72.6 Å². The Kier molecular flexibility index (Phi) is 35.4. The monoisotopic (exact) mass is 1420 g/mol. The van der Waals surface area contributed by atoms with E-state index in [2.05, 4.69) is 15.3 Å². The average molecular weight is 1420 g/mol. The van der Waals surface area contributed by atoms with Gasteiger partial charge < -0.3 is 75.0 Å². The minimum atomic E-state index is -2.43. The fourth-order valence-electron chi connectivity index (χ4n) is 13.5. The lowest BCUT2D eigenvalue weighted by Gasteiger charge is -2.42. The first-order valence-electron chi connectivity index (χ1n) is 35.3. The number of Topliss-reactive ketones (excluding diaryl/α,β-unsaturated/α-hetero) is 3. The zero-order valence-electron chi connectivity index (χ0n) is 60.2. The summed E-state index contributed by atoms with van der Waals surface area (Å²) in [4.78, 5) is 113. The second-order valence-electron chi connectivity index (χ2n) is 27.6. The number of unbranched alkanes of at least 4 members (excludes halogenated alkanes) is 3. The van der Waals surface area contributed by atoms with Crippen LogP contribution in [0.25, 0.3) is 0 Å². The third kappa shape index (κ3) is 25.3. The van der Waals surface area contributed by atoms with E-state index in [4.69, 9.17) is 44.5 Å². The van der Waals surface area contributed by atoms with Gasteiger partial charge in [0.25, 0.3) is 11.7 Å². The first-order valence-corrected chi connectivity index (χ1v) is 35.3. The van der Waals surface area contributed by atoms with Crippen LogP contribution in [0.4, 0.5) is 11.6 Å². The van der Waals surface area contributed by atoms with Crippen molar-refractivity contribution in [2.45, 2.75) is 243 Å². The number of fused-ring (bicyclic) bond motifs is 3. The molecular formula is C73H111N7O21. The molecule has 4 aliphatic heterocycles. The van der Waals surface area contributed by atoms with Crippen LogP contribution in [0.2, 0.25) is 0 Å². The van der Waals surface area contributed by atoms with E-state index in [0.717, 1.165) is 54.3 Å². The number of carbonyl (C=O) groups excluding carboxylic acids is 7. The molecule has 0 radical (unpaired) electrons. The van der Waals surface area contributed by atoms with Crippen molar-refractivity contribution in [2.75, 3.05) is 45.5 Å². The molecule has 5 heterocycles. The molecule has 3 amide bonds. The van der Waals surface area contributed by atoms with Gasteiger partial charge in [0, 0.05) is 77.0 Å². The number of nitrogens with zero attached hydrogens (tertiary/aromatic N) is 4. The second-order valence-corrected chi connectivity index (χ2v) is 27.6. The number of nitrogens with two attached hydrogens (primary N) is 1. The normalized spacial score (nSPS) is 33.4. The van der Waals surface area contributed by atoms with Gasteiger partial charge in [0.2, 0.25) is 23.5 Å². The van der Waals surface area contributed by atoms with E-state index in [0.29, 0.717) is 76.2 Å². The minimum Gasteiger partial charge on any atom is -0.460 e. The fraction of sp³-hybridized carbons (Fsp3) is 0.671. The topological polar surface area (TPSA) is 418 Å². The minimum absolute atomic E-state index is 0.0132. The standard InChI is InChI=1S/C51H79NO13.C14H20N2O3.C8H12N4O5/c1-30-16-12-11-13-17-31(2)42(61-8)28-38-21-19-36(7)51(60,65-38)48(57)49(58)52-23-15-14-18-39(52)50(59)64-43(33(4)26-37-20-22-40(53)44(27-37)62-9)29-41(54)32(3)25-35(6)46(56)47(63-10)45(55)34(5)24-30;17-13(15-12-8-4-3-5-9-12)10-6-1-2-7-11-14(18)16-19;9-7-10-2-12(8(16)11-7)6-5(15)4(14)3(1-13)17-6/h11-13,16-17,25,30,32-34,36-40,42-44,46-47,53,56,60H,14-15,18-24,26-29H2,1-10H3;3-5,8-9,19H,1-2,6-7,10-11H2,(H,15,17)(H,16,18);2-6,13-15H,1H2,(H2,9,11,16)/b13-11+,16-12+,31-17+,35-25+;;/t30-,32-,33-,34-,36-,37+,38+,39+,40-,42+,43+,44-,46-,47+,51-;;3-,4-,5-,6-/m1.1/s1. The highest BCUT2D eigenvalue weighted by molar-refractivity contribution is 6.39. The molecule has 28 heteroatoms. The van der Waals surface area contributed by atoms with Crippen molar-refractivity contribution in [1.29, 1.82) is 0 Å². The number of anilines is 2. The molecule has 5 aliphatic rings. The number of nitrogens with one attached hydrogen (secondary N) is 2. The number of amides is 3. The van der Waals surface area contributed by atoms with Crippen LogP contribution < -0.4 is 22.2 Å². The molecule has 4 fully saturated rings. The van der Waals surface area contributed by atoms with Crippen LogP contribution in [0.1, 0.15) is 170 Å². The summed E-state index contributed by atoms with van der Waals surface area (Å²) < 4.78 is 35.4. The number of ether oxygens (including phenoxy) is 6. The molecule has 11 N–H and O–H groups in total. The quantitative estimate of drug-likeness (QED) is 0.0248. The molecule has 1 saturated carbocycles. The highest BCUT2D eigenvalue weighted by atomic mass is 16.6. The summed E-state index contributed by atoms with van der Waals surface area (Å²) in [5, 5.41) is 73.1. The van der Waals surface area contributed by atoms with Gasteiger partial charge in [0.05, 0.1) is 31.0 Å². The van der Waals surface area contributed by atoms with Crippen molar-refractivity contribution in [1.82, 2.24) is 24.9 Å². The van der Waals surface area contributed by atoms with Gasteiger partial charge in [-0.3, -0.25) is 38.5 Å². The Morgan fingerprint density at radius 1 is 0.812 bits per heavy atom. The molecule has 2 aromatic rings. The van der Waals surface area contributed by atoms with Gasteiger partial charge in [-0.15, -0.1) is 0 Å². The molecule has 0 unspecified atom stereocenters. The summed E-state index contributed by atoms with van der Waals surface area (Å²) >= 11 is 0. The molecule has 2 bridgehead atoms. The number of methoxy groups -OCH3 is 3. The number of ketones is 3. The highest BCUT2D eigenvalue weighted by Crippen LogP contribution is 2.38. The average Bonchev–Trinajstić information content (AvgIpc) is 0.894. The van der Waals surface area contributed by atoms with Gasteiger partial charge in [-0.2, -0.15) is 4.98 Å². The molecule has 1 aliphatic carbocycles. The molecule has 101 heavy (non-hydrogen) atoms. The largest absolute Gasteiger partial charge is 0.460 e. The number of aromatic nitrogens is 3. The van der Waals surface area contributed by atoms with Crippen LogP contribution in [0, 0.1) is 35.5 Å². The SMILES string of the molecule is CO[C@H]1C[C@@H]2CC[C@@H](C)[C@@](O)(O2)C(=O)C(=O)N2CCCC[C@H]2C(=O)O[C@H]([C@H](C)C[C@@H]2CC[C@@H](O)[C@H](OC)C2)CC(=O)[C@H](C)/C=C(\C)[C@@H](O)[C@@H](OC)C(=O)[C@H](C)C[C@H](C)/C=C/C=C/C=C/1C.Nc1ncn([C@@H]2O[C@H](CO)[C@@H](O)[C@H]2O)c(=O)n1.O=C(CCCCCCC(=O)Nc1ccccc1)NO. The summed E-state index contributed by atoms with van der Waals surface area (Å²) in [7, 11) is 4.52. The van der Waals surface area contributed by atoms with E-state index in [9.17, 15) is 63.9 Å². The van der Waals surface area contributed by atoms with Crippen LogP contribution in [0.5, 0.6) is 0 Å². The van der Waals surface area contributed by atoms with Gasteiger partial charge in [-0.25, -0.2) is 20.1 Å². The molecule has 1 aromatic carbocycles. The van der Waals surface area contributed by atoms with E-state index in [1.807, 2.05) is 88.4 Å². The van der Waals surface area contributed by atoms with Crippen molar-refractivity contribution in [2.24, 2.45) is 35.5 Å². The maximum absolute atomic E-state index is 14.4. The maximum atomic E-state index is 14.4. The van der Waals surface area contributed by atoms with Crippen molar-refractivity contribution >= 4 is 52.7 Å². The Balaban J connectivity index is 0.000000409. The third-order valence-corrected chi connectivity index (χ3v) is 19.8. The van der Waals surface area contributed by atoms with Crippen molar-refractivity contribution < 1.29 is 97.8 Å². The lowest BCUT2D eigenvalue weighted by Crippen LogP contribution is -2.61. The number of cyclic esters (lactones) is 1. The molecular weight excluding hydrogens is 1310 g/mol. The molecule has 7 rings (SSSR count). The summed E-state index contributed by atoms with van der Waals surface area (Å²) in [6.07, 6.45) is 11.6. The number of hydrogen-bond acceptors (Lipinski definition) is 24. The van der Waals surface area contributed by atoms with Crippen molar-refractivity contribution in [3.05, 3.63) is 94.7 Å². The van der Waals surface area contributed by atoms with Crippen LogP contribution in [0.15, 0.2) is 89.1 Å². The van der Waals surface area contributed by atoms with Gasteiger partial charge in [-0.1, -0.05) is 102 Å². The zero-order valence-corrected chi connectivity index (χ0v) is 60.2. The molecule has 19 atom stereocenters. The van der Waals surface area contributed by atoms with Crippen LogP contribution in [0.3, 0.4) is 0 Å². The van der Waals surface area contributed by atoms with Gasteiger partial charge in [-0.05, 0) is 132 Å². The number of benzene rings is 1. The Morgan fingerprint density at radius 3 is 2.14 bits per heavy atom. The van der Waals surface area contributed by atoms with Gasteiger partial charge in [0.15, 0.2) is 12.0 Å². The number of nitrogen functional groups attached to an aromatic ring is 1. The first-order chi connectivity index (χ1) is 48.0. The van der Waals surface area contributed by atoms with Crippen LogP contribution in [-0.2, 0) is 62.0 Å². The molecule has 1 aromatic heterocycles. The number of para-hydroxylation sites is 1. The number of aliphatic hydroxyl groups excluding tert-OH is 5. The van der Waals surface area contributed by atoms with Crippen LogP contribution >= 0.6 is 0 Å². The Hall–Kier alpha value is -6.80. The predicted octanol–water partition coefficient (Wildman–Crippen LogP) is 5.48. The lowest BCUT2D eigenvalue weighted by molar-refractivity contribution is -0.265. The Bertz CT molecular complexity index is 3180. The van der Waals surface area contributed by atoms with Crippen LogP contribution in [-0.4, -0.2) is 204 Å². The molecule has 3 saturated heterocycles. The molecule has 564 valence electrons. The summed E-state index contributed by atoms with van der Waals surface area (Å²) in [6.45, 7) is 12.3. The van der Waals surface area contributed by atoms with E-state index in [1.165, 1.54) is 12.0 Å². The molecule has 28 nitrogen and oxygen atoms in total. The maximum Gasteiger partial charge on any atom is 0.354 e. The van der Waals surface area contributed by atoms with Gasteiger partial charge in [0.1, 0.15) is 54.8 Å². The molecule has 0 spiro atoms. The first kappa shape index (κ1) is 84.9. The Labute approximate surface area is 592 Å². The number of rotatable bonds is 16. The number of piperidine rings is 1. The number of hydrogen-bond donors (Lipinski definition) is 10. The number of aliphatic hydroxyl groups is 6.